The number of rotatable bonds is 6. The Balaban J connectivity index is 1.22. The molecule has 1 heterocycles. The van der Waals surface area contributed by atoms with Gasteiger partial charge in [-0.15, -0.1) is 0 Å². The van der Waals surface area contributed by atoms with Crippen LogP contribution in [-0.4, -0.2) is 11.7 Å². The van der Waals surface area contributed by atoms with Gasteiger partial charge >= 0.3 is 0 Å². The number of fused-ring (bicyclic) bond motifs is 5. The Kier molecular flexibility index (Phi) is 7.67. The van der Waals surface area contributed by atoms with Crippen LogP contribution >= 0.6 is 0 Å². The SMILES string of the molecule is NC(=NC(=NCc1cccc2oc3ccccc3c12)c1ccc(-c2ccc3ccccc3c2)c(-c2ccccc2)c1)c1cccc2ccccc12. The quantitative estimate of drug-likeness (QED) is 0.143. The Morgan fingerprint density at radius 2 is 1.22 bits per heavy atom. The first-order valence-electron chi connectivity index (χ1n) is 17.1. The molecule has 1 aromatic heterocycles. The van der Waals surface area contributed by atoms with Crippen LogP contribution in [0.2, 0.25) is 0 Å². The van der Waals surface area contributed by atoms with Gasteiger partial charge in [0.1, 0.15) is 17.0 Å². The molecule has 242 valence electrons. The molecule has 9 rings (SSSR count). The second-order valence-corrected chi connectivity index (χ2v) is 12.7. The lowest BCUT2D eigenvalue weighted by Gasteiger charge is -2.14. The number of furan rings is 1. The Labute approximate surface area is 295 Å². The smallest absolute Gasteiger partial charge is 0.157 e. The molecule has 0 aliphatic rings. The number of benzene rings is 8. The third-order valence-electron chi connectivity index (χ3n) is 9.60. The van der Waals surface area contributed by atoms with Crippen molar-refractivity contribution in [2.45, 2.75) is 6.54 Å². The molecule has 0 unspecified atom stereocenters. The van der Waals surface area contributed by atoms with Crippen molar-refractivity contribution in [2.75, 3.05) is 0 Å². The highest BCUT2D eigenvalue weighted by Crippen LogP contribution is 2.36. The van der Waals surface area contributed by atoms with Crippen LogP contribution in [0.3, 0.4) is 0 Å². The van der Waals surface area contributed by atoms with E-state index >= 15 is 0 Å². The van der Waals surface area contributed by atoms with E-state index in [1.807, 2.05) is 60.7 Å². The van der Waals surface area contributed by atoms with E-state index in [1.165, 1.54) is 10.8 Å². The Bertz CT molecular complexity index is 2790. The molecule has 0 fully saturated rings. The van der Waals surface area contributed by atoms with Crippen molar-refractivity contribution in [1.82, 2.24) is 0 Å². The van der Waals surface area contributed by atoms with Gasteiger partial charge in [-0.05, 0) is 73.6 Å². The second-order valence-electron chi connectivity index (χ2n) is 12.7. The monoisotopic (exact) mass is 655 g/mol. The van der Waals surface area contributed by atoms with Crippen molar-refractivity contribution >= 4 is 55.2 Å². The number of nitrogens with two attached hydrogens (primary N) is 1. The summed E-state index contributed by atoms with van der Waals surface area (Å²) in [5.74, 6) is 0.977. The summed E-state index contributed by atoms with van der Waals surface area (Å²) in [6.45, 7) is 0.398. The minimum atomic E-state index is 0.398. The van der Waals surface area contributed by atoms with E-state index in [2.05, 4.69) is 115 Å². The summed E-state index contributed by atoms with van der Waals surface area (Å²) in [7, 11) is 0. The molecular weight excluding hydrogens is 623 g/mol. The molecule has 4 nitrogen and oxygen atoms in total. The molecule has 9 aromatic rings. The van der Waals surface area contributed by atoms with Crippen molar-refractivity contribution in [3.05, 3.63) is 193 Å². The van der Waals surface area contributed by atoms with Crippen LogP contribution in [-0.2, 0) is 6.54 Å². The fourth-order valence-electron chi connectivity index (χ4n) is 7.10. The number of amidine groups is 2. The second kappa shape index (κ2) is 12.9. The van der Waals surface area contributed by atoms with Crippen molar-refractivity contribution in [2.24, 2.45) is 15.7 Å². The molecule has 0 amide bonds. The molecule has 0 aliphatic heterocycles. The fourth-order valence-corrected chi connectivity index (χ4v) is 7.10. The van der Waals surface area contributed by atoms with Gasteiger partial charge in [-0.1, -0.05) is 152 Å². The minimum Gasteiger partial charge on any atom is -0.456 e. The molecule has 51 heavy (non-hydrogen) atoms. The van der Waals surface area contributed by atoms with E-state index in [1.54, 1.807) is 0 Å². The zero-order valence-corrected chi connectivity index (χ0v) is 27.8. The van der Waals surface area contributed by atoms with Gasteiger partial charge in [0.15, 0.2) is 5.84 Å². The van der Waals surface area contributed by atoms with Crippen molar-refractivity contribution in [3.63, 3.8) is 0 Å². The first-order valence-corrected chi connectivity index (χ1v) is 17.1. The van der Waals surface area contributed by atoms with Gasteiger partial charge < -0.3 is 10.2 Å². The first kappa shape index (κ1) is 30.3. The summed E-state index contributed by atoms with van der Waals surface area (Å²) in [5, 5.41) is 6.72. The number of nitrogens with zero attached hydrogens (tertiary/aromatic N) is 2. The maximum Gasteiger partial charge on any atom is 0.157 e. The normalized spacial score (nSPS) is 12.3. The highest BCUT2D eigenvalue weighted by molar-refractivity contribution is 6.16. The maximum absolute atomic E-state index is 6.89. The average molecular weight is 656 g/mol. The summed E-state index contributed by atoms with van der Waals surface area (Å²) in [5.41, 5.74) is 15.9. The third-order valence-corrected chi connectivity index (χ3v) is 9.60. The highest BCUT2D eigenvalue weighted by Gasteiger charge is 2.15. The van der Waals surface area contributed by atoms with Crippen LogP contribution in [0.25, 0.3) is 65.7 Å². The van der Waals surface area contributed by atoms with Gasteiger partial charge in [0.25, 0.3) is 0 Å². The van der Waals surface area contributed by atoms with E-state index < -0.39 is 0 Å². The predicted molar refractivity (Wildman–Crippen MR) is 213 cm³/mol. The lowest BCUT2D eigenvalue weighted by atomic mass is 9.91. The zero-order valence-electron chi connectivity index (χ0n) is 27.8. The van der Waals surface area contributed by atoms with Crippen molar-refractivity contribution in [3.8, 4) is 22.3 Å². The highest BCUT2D eigenvalue weighted by atomic mass is 16.3. The Morgan fingerprint density at radius 1 is 0.510 bits per heavy atom. The summed E-state index contributed by atoms with van der Waals surface area (Å²) >= 11 is 0. The van der Waals surface area contributed by atoms with Gasteiger partial charge in [0.2, 0.25) is 0 Å². The van der Waals surface area contributed by atoms with Gasteiger partial charge in [-0.2, -0.15) is 0 Å². The number of para-hydroxylation sites is 1. The Hall–Kier alpha value is -6.78. The van der Waals surface area contributed by atoms with Crippen molar-refractivity contribution in [1.29, 1.82) is 0 Å². The molecule has 0 saturated heterocycles. The zero-order chi connectivity index (χ0) is 34.1. The third kappa shape index (κ3) is 5.73. The molecule has 0 radical (unpaired) electrons. The van der Waals surface area contributed by atoms with Crippen LogP contribution in [0.1, 0.15) is 16.7 Å². The van der Waals surface area contributed by atoms with Crippen LogP contribution in [0.5, 0.6) is 0 Å². The maximum atomic E-state index is 6.89. The van der Waals surface area contributed by atoms with Crippen LogP contribution in [0.15, 0.2) is 190 Å². The molecule has 0 saturated carbocycles. The van der Waals surface area contributed by atoms with Crippen LogP contribution < -0.4 is 5.73 Å². The van der Waals surface area contributed by atoms with E-state index in [9.17, 15) is 0 Å². The molecule has 2 N–H and O–H groups in total. The summed E-state index contributed by atoms with van der Waals surface area (Å²) in [6.07, 6.45) is 0. The van der Waals surface area contributed by atoms with E-state index in [4.69, 9.17) is 20.1 Å². The predicted octanol–water partition coefficient (Wildman–Crippen LogP) is 11.6. The Morgan fingerprint density at radius 3 is 2.10 bits per heavy atom. The van der Waals surface area contributed by atoms with E-state index in [0.717, 1.165) is 71.7 Å². The fraction of sp³-hybridized carbons (Fsp3) is 0.0213. The lowest BCUT2D eigenvalue weighted by molar-refractivity contribution is 0.668. The summed E-state index contributed by atoms with van der Waals surface area (Å²) < 4.78 is 6.20. The summed E-state index contributed by atoms with van der Waals surface area (Å²) in [6, 6.07) is 60.8. The number of hydrogen-bond donors (Lipinski definition) is 1. The average Bonchev–Trinajstić information content (AvgIpc) is 3.58. The van der Waals surface area contributed by atoms with E-state index in [-0.39, 0.29) is 0 Å². The van der Waals surface area contributed by atoms with Crippen molar-refractivity contribution < 1.29 is 4.42 Å². The van der Waals surface area contributed by atoms with Crippen LogP contribution in [0.4, 0.5) is 0 Å². The largest absolute Gasteiger partial charge is 0.456 e. The number of aliphatic imine (C=N–C) groups is 2. The van der Waals surface area contributed by atoms with Gasteiger partial charge in [-0.3, -0.25) is 4.99 Å². The molecule has 8 aromatic carbocycles. The molecule has 4 heteroatoms. The van der Waals surface area contributed by atoms with E-state index in [0.29, 0.717) is 18.2 Å². The molecule has 0 atom stereocenters. The van der Waals surface area contributed by atoms with Gasteiger partial charge in [-0.25, -0.2) is 4.99 Å². The summed E-state index contributed by atoms with van der Waals surface area (Å²) in [4.78, 5) is 10.3. The molecule has 0 aliphatic carbocycles. The molecule has 0 bridgehead atoms. The standard InChI is InChI=1S/C47H33N3O/c48-46(40-21-10-17-32-15-6-7-19-38(32)40)50-47(49-30-37-18-11-23-44-45(37)41-20-8-9-22-43(41)51-44)36-26-27-39(42(29-36)33-13-2-1-3-14-33)35-25-24-31-12-4-5-16-34(31)28-35/h1-29H,30H2,(H2,48,49,50). The lowest BCUT2D eigenvalue weighted by Crippen LogP contribution is -2.17. The molecule has 0 spiro atoms. The topological polar surface area (TPSA) is 63.9 Å². The van der Waals surface area contributed by atoms with Gasteiger partial charge in [0.05, 0.1) is 6.54 Å². The molecular formula is C47H33N3O. The minimum absolute atomic E-state index is 0.398. The first-order chi connectivity index (χ1) is 25.2. The van der Waals surface area contributed by atoms with Gasteiger partial charge in [0, 0.05) is 21.9 Å². The van der Waals surface area contributed by atoms with Crippen LogP contribution in [0, 0.1) is 0 Å². The number of hydrogen-bond acceptors (Lipinski definition) is 2.